The Hall–Kier alpha value is -2.45. The SMILES string of the molecule is C=C/C(C)=C/C[C@]1(C)[C@H](C)C[C@H](O)C23C(=C[C@H](OC(=O)CCCCCCC)C[C@H]21)[C@@H](OC(C)=O)O[C@@H]3OC(C)=O. The van der Waals surface area contributed by atoms with E-state index >= 15 is 0 Å². The van der Waals surface area contributed by atoms with Crippen molar-refractivity contribution in [3.63, 3.8) is 0 Å². The fraction of sp³-hybridized carbons (Fsp3) is 0.719. The first-order chi connectivity index (χ1) is 18.9. The molecule has 8 atom stereocenters. The Kier molecular flexibility index (Phi) is 10.8. The van der Waals surface area contributed by atoms with Gasteiger partial charge in [0.1, 0.15) is 6.10 Å². The van der Waals surface area contributed by atoms with E-state index in [1.165, 1.54) is 13.8 Å². The summed E-state index contributed by atoms with van der Waals surface area (Å²) in [5, 5.41) is 11.8. The number of aliphatic hydroxyl groups is 1. The number of aliphatic hydroxyl groups excluding tert-OH is 1. The Balaban J connectivity index is 2.06. The van der Waals surface area contributed by atoms with Gasteiger partial charge >= 0.3 is 17.9 Å². The van der Waals surface area contributed by atoms with Crippen LogP contribution in [-0.2, 0) is 33.3 Å². The number of carbonyl (C=O) groups excluding carboxylic acids is 3. The fourth-order valence-electron chi connectivity index (χ4n) is 6.97. The third-order valence-corrected chi connectivity index (χ3v) is 9.35. The van der Waals surface area contributed by atoms with Crippen molar-refractivity contribution in [3.8, 4) is 0 Å². The second-order valence-electron chi connectivity index (χ2n) is 12.1. The molecule has 224 valence electrons. The number of rotatable bonds is 12. The lowest BCUT2D eigenvalue weighted by Crippen LogP contribution is -2.63. The van der Waals surface area contributed by atoms with Crippen LogP contribution in [0, 0.1) is 22.7 Å². The van der Waals surface area contributed by atoms with Crippen molar-refractivity contribution in [2.45, 2.75) is 124 Å². The van der Waals surface area contributed by atoms with E-state index < -0.39 is 47.6 Å². The molecular weight excluding hydrogens is 512 g/mol. The molecule has 1 spiro atoms. The van der Waals surface area contributed by atoms with Crippen molar-refractivity contribution in [1.82, 2.24) is 0 Å². The highest BCUT2D eigenvalue weighted by molar-refractivity contribution is 5.70. The maximum Gasteiger partial charge on any atom is 0.306 e. The first-order valence-electron chi connectivity index (χ1n) is 14.8. The molecule has 40 heavy (non-hydrogen) atoms. The number of unbranched alkanes of at least 4 members (excludes halogenated alkanes) is 4. The Labute approximate surface area is 239 Å². The van der Waals surface area contributed by atoms with Gasteiger partial charge in [0.2, 0.25) is 12.6 Å². The first kappa shape index (κ1) is 32.1. The van der Waals surface area contributed by atoms with E-state index in [4.69, 9.17) is 18.9 Å². The molecule has 3 aliphatic rings. The van der Waals surface area contributed by atoms with E-state index in [-0.39, 0.29) is 17.8 Å². The molecule has 8 heteroatoms. The summed E-state index contributed by atoms with van der Waals surface area (Å²) in [5.41, 5.74) is -0.0311. The van der Waals surface area contributed by atoms with Crippen LogP contribution < -0.4 is 0 Å². The minimum atomic E-state index is -1.17. The highest BCUT2D eigenvalue weighted by atomic mass is 16.8. The van der Waals surface area contributed by atoms with Crippen LogP contribution in [0.3, 0.4) is 0 Å². The van der Waals surface area contributed by atoms with Gasteiger partial charge < -0.3 is 19.3 Å². The number of allylic oxidation sites excluding steroid dienone is 3. The standard InChI is InChI=1S/C32H48O8/c1-8-10-11-12-13-14-28(36)39-24-18-25-29(37-22(5)33)40-30(38-23(6)34)32(25)26(19-24)31(7,16-15-20(3)9-2)21(4)17-27(32)35/h9,15,18,21,24,26-27,29-30,35H,2,8,10-14,16-17,19H2,1,3-7H3/b20-15+/t21-,24+,26+,27+,29+,30+,31-,32?/m1/s1. The van der Waals surface area contributed by atoms with Gasteiger partial charge in [-0.1, -0.05) is 70.8 Å². The van der Waals surface area contributed by atoms with Crippen LogP contribution in [0.15, 0.2) is 36.0 Å². The van der Waals surface area contributed by atoms with Crippen LogP contribution in [0.2, 0.25) is 0 Å². The van der Waals surface area contributed by atoms with Crippen molar-refractivity contribution >= 4 is 17.9 Å². The van der Waals surface area contributed by atoms with Crippen LogP contribution in [0.4, 0.5) is 0 Å². The molecule has 1 aliphatic heterocycles. The van der Waals surface area contributed by atoms with Crippen molar-refractivity contribution in [3.05, 3.63) is 36.0 Å². The molecular formula is C32H48O8. The van der Waals surface area contributed by atoms with Gasteiger partial charge in [-0.2, -0.15) is 0 Å². The summed E-state index contributed by atoms with van der Waals surface area (Å²) in [5.74, 6) is -1.66. The zero-order valence-corrected chi connectivity index (χ0v) is 25.1. The van der Waals surface area contributed by atoms with Gasteiger partial charge in [0.15, 0.2) is 0 Å². The number of ether oxygens (including phenoxy) is 4. The fourth-order valence-corrected chi connectivity index (χ4v) is 6.97. The minimum Gasteiger partial charge on any atom is -0.458 e. The topological polar surface area (TPSA) is 108 Å². The molecule has 1 saturated heterocycles. The molecule has 0 amide bonds. The van der Waals surface area contributed by atoms with E-state index in [2.05, 4.69) is 33.4 Å². The Morgan fingerprint density at radius 2 is 1.75 bits per heavy atom. The maximum atomic E-state index is 12.9. The van der Waals surface area contributed by atoms with Gasteiger partial charge in [-0.3, -0.25) is 19.1 Å². The van der Waals surface area contributed by atoms with Crippen molar-refractivity contribution in [2.75, 3.05) is 0 Å². The lowest BCUT2D eigenvalue weighted by atomic mass is 9.45. The highest BCUT2D eigenvalue weighted by Gasteiger charge is 2.71. The van der Waals surface area contributed by atoms with Crippen molar-refractivity contribution < 1.29 is 38.4 Å². The molecule has 1 unspecified atom stereocenters. The predicted octanol–water partition coefficient (Wildman–Crippen LogP) is 5.93. The monoisotopic (exact) mass is 560 g/mol. The summed E-state index contributed by atoms with van der Waals surface area (Å²) in [6, 6.07) is 0. The van der Waals surface area contributed by atoms with Gasteiger partial charge in [0, 0.05) is 25.8 Å². The molecule has 0 bridgehead atoms. The molecule has 2 fully saturated rings. The normalized spacial score (nSPS) is 35.2. The van der Waals surface area contributed by atoms with Crippen LogP contribution >= 0.6 is 0 Å². The van der Waals surface area contributed by atoms with Gasteiger partial charge in [-0.25, -0.2) is 0 Å². The van der Waals surface area contributed by atoms with Crippen LogP contribution in [0.5, 0.6) is 0 Å². The molecule has 1 N–H and O–H groups in total. The summed E-state index contributed by atoms with van der Waals surface area (Å²) in [6.07, 6.45) is 8.78. The summed E-state index contributed by atoms with van der Waals surface area (Å²) in [7, 11) is 0. The number of carbonyl (C=O) groups is 3. The molecule has 2 aliphatic carbocycles. The Morgan fingerprint density at radius 1 is 1.07 bits per heavy atom. The maximum absolute atomic E-state index is 12.9. The summed E-state index contributed by atoms with van der Waals surface area (Å²) in [4.78, 5) is 37.2. The van der Waals surface area contributed by atoms with E-state index in [1.807, 2.05) is 6.92 Å². The molecule has 3 rings (SSSR count). The zero-order valence-electron chi connectivity index (χ0n) is 25.1. The van der Waals surface area contributed by atoms with Crippen LogP contribution in [0.1, 0.15) is 99.3 Å². The van der Waals surface area contributed by atoms with E-state index in [0.717, 1.165) is 37.7 Å². The molecule has 0 radical (unpaired) electrons. The molecule has 1 saturated carbocycles. The third kappa shape index (κ3) is 6.54. The smallest absolute Gasteiger partial charge is 0.306 e. The van der Waals surface area contributed by atoms with E-state index in [9.17, 15) is 19.5 Å². The lowest BCUT2D eigenvalue weighted by Gasteiger charge is -2.60. The van der Waals surface area contributed by atoms with Crippen LogP contribution in [0.25, 0.3) is 0 Å². The molecule has 1 heterocycles. The number of esters is 3. The Bertz CT molecular complexity index is 1010. The van der Waals surface area contributed by atoms with Crippen molar-refractivity contribution in [1.29, 1.82) is 0 Å². The molecule has 0 aromatic heterocycles. The average Bonchev–Trinajstić information content (AvgIpc) is 3.17. The zero-order chi connectivity index (χ0) is 29.7. The van der Waals surface area contributed by atoms with Gasteiger partial charge in [0.05, 0.1) is 11.5 Å². The van der Waals surface area contributed by atoms with Crippen LogP contribution in [-0.4, -0.2) is 47.8 Å². The number of hydrogen-bond donors (Lipinski definition) is 1. The van der Waals surface area contributed by atoms with Crippen molar-refractivity contribution in [2.24, 2.45) is 22.7 Å². The summed E-state index contributed by atoms with van der Waals surface area (Å²) in [6.45, 7) is 14.9. The molecule has 8 nitrogen and oxygen atoms in total. The van der Waals surface area contributed by atoms with Gasteiger partial charge in [0.25, 0.3) is 0 Å². The quantitative estimate of drug-likeness (QED) is 0.103. The molecule has 0 aromatic rings. The first-order valence-corrected chi connectivity index (χ1v) is 14.8. The molecule has 0 aromatic carbocycles. The Morgan fingerprint density at radius 3 is 2.38 bits per heavy atom. The average molecular weight is 561 g/mol. The third-order valence-electron chi connectivity index (χ3n) is 9.35. The van der Waals surface area contributed by atoms with Gasteiger partial charge in [-0.05, 0) is 55.9 Å². The number of hydrogen-bond acceptors (Lipinski definition) is 8. The van der Waals surface area contributed by atoms with E-state index in [0.29, 0.717) is 31.3 Å². The summed E-state index contributed by atoms with van der Waals surface area (Å²) < 4.78 is 23.4. The highest BCUT2D eigenvalue weighted by Crippen LogP contribution is 2.67. The largest absolute Gasteiger partial charge is 0.458 e. The second kappa shape index (κ2) is 13.5. The van der Waals surface area contributed by atoms with Gasteiger partial charge in [-0.15, -0.1) is 0 Å². The predicted molar refractivity (Wildman–Crippen MR) is 151 cm³/mol. The minimum absolute atomic E-state index is 0.0759. The second-order valence-corrected chi connectivity index (χ2v) is 12.1. The summed E-state index contributed by atoms with van der Waals surface area (Å²) >= 11 is 0. The lowest BCUT2D eigenvalue weighted by molar-refractivity contribution is -0.254. The van der Waals surface area contributed by atoms with E-state index in [1.54, 1.807) is 12.2 Å².